The first-order chi connectivity index (χ1) is 9.22. The zero-order chi connectivity index (χ0) is 13.2. The van der Waals surface area contributed by atoms with Gasteiger partial charge in [-0.05, 0) is 36.4 Å². The molecular formula is C14H9FN2O2. The van der Waals surface area contributed by atoms with E-state index < -0.39 is 0 Å². The summed E-state index contributed by atoms with van der Waals surface area (Å²) in [4.78, 5) is 0. The smallest absolute Gasteiger partial charge is 0.248 e. The Morgan fingerprint density at radius 1 is 0.895 bits per heavy atom. The van der Waals surface area contributed by atoms with Gasteiger partial charge in [0.25, 0.3) is 0 Å². The number of benzene rings is 2. The van der Waals surface area contributed by atoms with Crippen LogP contribution in [0.25, 0.3) is 22.9 Å². The Labute approximate surface area is 108 Å². The van der Waals surface area contributed by atoms with E-state index in [1.165, 1.54) is 18.2 Å². The van der Waals surface area contributed by atoms with E-state index in [1.54, 1.807) is 30.3 Å². The molecule has 0 radical (unpaired) electrons. The summed E-state index contributed by atoms with van der Waals surface area (Å²) in [6.45, 7) is 0. The summed E-state index contributed by atoms with van der Waals surface area (Å²) in [6, 6.07) is 12.4. The van der Waals surface area contributed by atoms with Gasteiger partial charge in [-0.3, -0.25) is 0 Å². The van der Waals surface area contributed by atoms with Gasteiger partial charge in [-0.2, -0.15) is 0 Å². The molecular weight excluding hydrogens is 247 g/mol. The molecule has 3 aromatic rings. The lowest BCUT2D eigenvalue weighted by molar-refractivity contribution is 0.475. The maximum absolute atomic E-state index is 13.1. The van der Waals surface area contributed by atoms with E-state index in [9.17, 15) is 9.50 Å². The second-order valence-corrected chi connectivity index (χ2v) is 3.97. The summed E-state index contributed by atoms with van der Waals surface area (Å²) in [5.41, 5.74) is 1.12. The van der Waals surface area contributed by atoms with Crippen LogP contribution in [0.1, 0.15) is 0 Å². The molecule has 3 rings (SSSR count). The zero-order valence-corrected chi connectivity index (χ0v) is 9.75. The molecule has 1 aromatic heterocycles. The van der Waals surface area contributed by atoms with Crippen LogP contribution in [0.2, 0.25) is 0 Å². The van der Waals surface area contributed by atoms with Gasteiger partial charge >= 0.3 is 0 Å². The fraction of sp³-hybridized carbons (Fsp3) is 0. The van der Waals surface area contributed by atoms with Gasteiger partial charge in [-0.15, -0.1) is 10.2 Å². The minimum Gasteiger partial charge on any atom is -0.508 e. The second kappa shape index (κ2) is 4.53. The first-order valence-electron chi connectivity index (χ1n) is 5.61. The van der Waals surface area contributed by atoms with E-state index in [0.717, 1.165) is 0 Å². The molecule has 0 aliphatic heterocycles. The molecule has 0 atom stereocenters. The SMILES string of the molecule is Oc1cccc(-c2nnc(-c3cccc(F)c3)o2)c1. The fourth-order valence-electron chi connectivity index (χ4n) is 1.72. The minimum absolute atomic E-state index is 0.114. The molecule has 4 nitrogen and oxygen atoms in total. The molecule has 0 bridgehead atoms. The molecule has 1 heterocycles. The number of hydrogen-bond acceptors (Lipinski definition) is 4. The molecule has 5 heteroatoms. The van der Waals surface area contributed by atoms with Crippen molar-refractivity contribution < 1.29 is 13.9 Å². The normalized spacial score (nSPS) is 10.6. The van der Waals surface area contributed by atoms with E-state index in [0.29, 0.717) is 11.1 Å². The number of halogens is 1. The van der Waals surface area contributed by atoms with Gasteiger partial charge in [0.2, 0.25) is 11.8 Å². The van der Waals surface area contributed by atoms with Crippen LogP contribution in [0.4, 0.5) is 4.39 Å². The van der Waals surface area contributed by atoms with Crippen molar-refractivity contribution in [2.24, 2.45) is 0 Å². The summed E-state index contributed by atoms with van der Waals surface area (Å²) in [7, 11) is 0. The molecule has 94 valence electrons. The molecule has 0 fully saturated rings. The average molecular weight is 256 g/mol. The second-order valence-electron chi connectivity index (χ2n) is 3.97. The predicted octanol–water partition coefficient (Wildman–Crippen LogP) is 3.25. The van der Waals surface area contributed by atoms with Crippen molar-refractivity contribution in [3.05, 3.63) is 54.3 Å². The molecule has 0 saturated carbocycles. The van der Waals surface area contributed by atoms with Gasteiger partial charge in [0.1, 0.15) is 11.6 Å². The van der Waals surface area contributed by atoms with Crippen LogP contribution in [-0.4, -0.2) is 15.3 Å². The maximum atomic E-state index is 13.1. The summed E-state index contributed by atoms with van der Waals surface area (Å²) >= 11 is 0. The van der Waals surface area contributed by atoms with Crippen molar-refractivity contribution >= 4 is 0 Å². The number of phenols is 1. The number of aromatic hydroxyl groups is 1. The highest BCUT2D eigenvalue weighted by Gasteiger charge is 2.11. The lowest BCUT2D eigenvalue weighted by atomic mass is 10.2. The van der Waals surface area contributed by atoms with Crippen molar-refractivity contribution in [2.75, 3.05) is 0 Å². The van der Waals surface area contributed by atoms with Crippen molar-refractivity contribution in [2.45, 2.75) is 0 Å². The maximum Gasteiger partial charge on any atom is 0.248 e. The first-order valence-corrected chi connectivity index (χ1v) is 5.61. The van der Waals surface area contributed by atoms with E-state index in [4.69, 9.17) is 4.42 Å². The Hall–Kier alpha value is -2.69. The van der Waals surface area contributed by atoms with Crippen LogP contribution < -0.4 is 0 Å². The Morgan fingerprint density at radius 3 is 2.16 bits per heavy atom. The fourth-order valence-corrected chi connectivity index (χ4v) is 1.72. The largest absolute Gasteiger partial charge is 0.508 e. The Bertz CT molecular complexity index is 665. The third kappa shape index (κ3) is 2.30. The average Bonchev–Trinajstić information content (AvgIpc) is 2.88. The highest BCUT2D eigenvalue weighted by Crippen LogP contribution is 2.26. The summed E-state index contributed by atoms with van der Waals surface area (Å²) in [5, 5.41) is 17.1. The number of nitrogens with zero attached hydrogens (tertiary/aromatic N) is 2. The van der Waals surface area contributed by atoms with Gasteiger partial charge in [-0.1, -0.05) is 12.1 Å². The first kappa shape index (κ1) is 11.4. The summed E-state index contributed by atoms with van der Waals surface area (Å²) in [6.07, 6.45) is 0. The molecule has 0 unspecified atom stereocenters. The predicted molar refractivity (Wildman–Crippen MR) is 66.8 cm³/mol. The van der Waals surface area contributed by atoms with E-state index >= 15 is 0 Å². The topological polar surface area (TPSA) is 59.2 Å². The monoisotopic (exact) mass is 256 g/mol. The third-order valence-electron chi connectivity index (χ3n) is 2.59. The number of hydrogen-bond donors (Lipinski definition) is 1. The number of aromatic nitrogens is 2. The van der Waals surface area contributed by atoms with Gasteiger partial charge < -0.3 is 9.52 Å². The quantitative estimate of drug-likeness (QED) is 0.764. The molecule has 0 saturated heterocycles. The zero-order valence-electron chi connectivity index (χ0n) is 9.75. The van der Waals surface area contributed by atoms with Crippen LogP contribution in [0.15, 0.2) is 52.9 Å². The standard InChI is InChI=1S/C14H9FN2O2/c15-11-5-1-3-9(7-11)13-16-17-14(19-13)10-4-2-6-12(18)8-10/h1-8,18H. The molecule has 0 aliphatic carbocycles. The Balaban J connectivity index is 2.00. The lowest BCUT2D eigenvalue weighted by Crippen LogP contribution is -1.79. The molecule has 0 aliphatic rings. The van der Waals surface area contributed by atoms with Crippen molar-refractivity contribution in [3.63, 3.8) is 0 Å². The van der Waals surface area contributed by atoms with Gasteiger partial charge in [-0.25, -0.2) is 4.39 Å². The van der Waals surface area contributed by atoms with Crippen molar-refractivity contribution in [3.8, 4) is 28.7 Å². The Morgan fingerprint density at radius 2 is 1.53 bits per heavy atom. The van der Waals surface area contributed by atoms with Gasteiger partial charge in [0, 0.05) is 11.1 Å². The summed E-state index contributed by atoms with van der Waals surface area (Å²) in [5.74, 6) is 0.255. The lowest BCUT2D eigenvalue weighted by Gasteiger charge is -1.96. The third-order valence-corrected chi connectivity index (χ3v) is 2.59. The molecule has 0 amide bonds. The number of rotatable bonds is 2. The van der Waals surface area contributed by atoms with Crippen LogP contribution in [0.5, 0.6) is 5.75 Å². The van der Waals surface area contributed by atoms with E-state index in [2.05, 4.69) is 10.2 Å². The van der Waals surface area contributed by atoms with Gasteiger partial charge in [0.15, 0.2) is 0 Å². The summed E-state index contributed by atoms with van der Waals surface area (Å²) < 4.78 is 18.6. The van der Waals surface area contributed by atoms with E-state index in [1.807, 2.05) is 0 Å². The van der Waals surface area contributed by atoms with Crippen LogP contribution in [-0.2, 0) is 0 Å². The molecule has 19 heavy (non-hydrogen) atoms. The number of phenolic OH excluding ortho intramolecular Hbond substituents is 1. The van der Waals surface area contributed by atoms with E-state index in [-0.39, 0.29) is 23.3 Å². The molecule has 0 spiro atoms. The van der Waals surface area contributed by atoms with Crippen LogP contribution in [0, 0.1) is 5.82 Å². The highest BCUT2D eigenvalue weighted by atomic mass is 19.1. The van der Waals surface area contributed by atoms with Gasteiger partial charge in [0.05, 0.1) is 0 Å². The van der Waals surface area contributed by atoms with Crippen molar-refractivity contribution in [1.82, 2.24) is 10.2 Å². The van der Waals surface area contributed by atoms with Crippen molar-refractivity contribution in [1.29, 1.82) is 0 Å². The molecule has 2 aromatic carbocycles. The van der Waals surface area contributed by atoms with Crippen LogP contribution in [0.3, 0.4) is 0 Å². The minimum atomic E-state index is -0.366. The Kier molecular flexibility index (Phi) is 2.72. The highest BCUT2D eigenvalue weighted by molar-refractivity contribution is 5.59. The van der Waals surface area contributed by atoms with Crippen LogP contribution >= 0.6 is 0 Å². The molecule has 1 N–H and O–H groups in total.